The van der Waals surface area contributed by atoms with E-state index in [0.717, 1.165) is 5.56 Å². The second-order valence-electron chi connectivity index (χ2n) is 3.38. The van der Waals surface area contributed by atoms with Crippen LogP contribution >= 0.6 is 0 Å². The molecule has 0 aliphatic heterocycles. The molecule has 0 radical (unpaired) electrons. The van der Waals surface area contributed by atoms with Crippen molar-refractivity contribution in [2.45, 2.75) is 6.92 Å². The molecule has 1 aromatic rings. The highest BCUT2D eigenvalue weighted by Gasteiger charge is 2.06. The van der Waals surface area contributed by atoms with Gasteiger partial charge in [0.25, 0.3) is 5.91 Å². The van der Waals surface area contributed by atoms with E-state index in [-0.39, 0.29) is 11.7 Å². The molecule has 3 nitrogen and oxygen atoms in total. The second-order valence-corrected chi connectivity index (χ2v) is 3.38. The van der Waals surface area contributed by atoms with Gasteiger partial charge in [-0.05, 0) is 37.7 Å². The largest absolute Gasteiger partial charge is 0.351 e. The number of rotatable bonds is 4. The standard InChI is InChI=1S/C11H15FN2O/c1-8-5-9(7-10(12)6-8)11(15)14-4-3-13-2/h5-7,13H,3-4H2,1-2H3,(H,14,15). The van der Waals surface area contributed by atoms with Gasteiger partial charge in [-0.15, -0.1) is 0 Å². The fourth-order valence-corrected chi connectivity index (χ4v) is 1.27. The van der Waals surface area contributed by atoms with E-state index in [1.165, 1.54) is 12.1 Å². The van der Waals surface area contributed by atoms with E-state index in [9.17, 15) is 9.18 Å². The quantitative estimate of drug-likeness (QED) is 0.730. The Morgan fingerprint density at radius 2 is 2.07 bits per heavy atom. The first-order chi connectivity index (χ1) is 7.13. The Hall–Kier alpha value is -1.42. The number of hydrogen-bond acceptors (Lipinski definition) is 2. The molecule has 4 heteroatoms. The molecule has 0 heterocycles. The van der Waals surface area contributed by atoms with Crippen LogP contribution in [-0.2, 0) is 0 Å². The van der Waals surface area contributed by atoms with Gasteiger partial charge in [-0.1, -0.05) is 0 Å². The van der Waals surface area contributed by atoms with Crippen LogP contribution in [0.4, 0.5) is 4.39 Å². The summed E-state index contributed by atoms with van der Waals surface area (Å²) in [4.78, 5) is 11.5. The zero-order valence-electron chi connectivity index (χ0n) is 8.93. The number of likely N-dealkylation sites (N-methyl/N-ethyl adjacent to an activating group) is 1. The van der Waals surface area contributed by atoms with E-state index >= 15 is 0 Å². The molecule has 0 fully saturated rings. The van der Waals surface area contributed by atoms with E-state index in [4.69, 9.17) is 0 Å². The Labute approximate surface area is 88.7 Å². The maximum atomic E-state index is 13.0. The molecule has 0 aromatic heterocycles. The Morgan fingerprint density at radius 3 is 2.67 bits per heavy atom. The Morgan fingerprint density at radius 1 is 1.33 bits per heavy atom. The highest BCUT2D eigenvalue weighted by atomic mass is 19.1. The Kier molecular flexibility index (Phi) is 4.24. The third kappa shape index (κ3) is 3.67. The van der Waals surface area contributed by atoms with E-state index < -0.39 is 0 Å². The van der Waals surface area contributed by atoms with Crippen molar-refractivity contribution >= 4 is 5.91 Å². The van der Waals surface area contributed by atoms with Crippen LogP contribution in [0.5, 0.6) is 0 Å². The first-order valence-electron chi connectivity index (χ1n) is 4.83. The second kappa shape index (κ2) is 5.46. The molecule has 0 spiro atoms. The molecule has 0 aliphatic rings. The third-order valence-corrected chi connectivity index (χ3v) is 1.96. The number of carbonyl (C=O) groups is 1. The van der Waals surface area contributed by atoms with Crippen LogP contribution < -0.4 is 10.6 Å². The maximum absolute atomic E-state index is 13.0. The number of aryl methyl sites for hydroxylation is 1. The minimum atomic E-state index is -0.381. The van der Waals surface area contributed by atoms with Gasteiger partial charge in [-0.3, -0.25) is 4.79 Å². The van der Waals surface area contributed by atoms with Gasteiger partial charge in [-0.2, -0.15) is 0 Å². The summed E-state index contributed by atoms with van der Waals surface area (Å²) in [6.45, 7) is 2.98. The molecule has 0 unspecified atom stereocenters. The number of hydrogen-bond donors (Lipinski definition) is 2. The van der Waals surface area contributed by atoms with E-state index in [1.807, 2.05) is 0 Å². The van der Waals surface area contributed by atoms with Crippen LogP contribution in [0.2, 0.25) is 0 Å². The van der Waals surface area contributed by atoms with Crippen molar-refractivity contribution in [3.63, 3.8) is 0 Å². The molecule has 0 saturated carbocycles. The van der Waals surface area contributed by atoms with Gasteiger partial charge >= 0.3 is 0 Å². The summed E-state index contributed by atoms with van der Waals surface area (Å²) in [6.07, 6.45) is 0. The van der Waals surface area contributed by atoms with Crippen LogP contribution in [0.25, 0.3) is 0 Å². The molecule has 1 rings (SSSR count). The fourth-order valence-electron chi connectivity index (χ4n) is 1.27. The highest BCUT2D eigenvalue weighted by molar-refractivity contribution is 5.94. The average Bonchev–Trinajstić information content (AvgIpc) is 2.16. The lowest BCUT2D eigenvalue weighted by molar-refractivity contribution is 0.0953. The van der Waals surface area contributed by atoms with E-state index in [1.54, 1.807) is 20.0 Å². The molecule has 2 N–H and O–H groups in total. The normalized spacial score (nSPS) is 10.1. The number of amides is 1. The SMILES string of the molecule is CNCCNC(=O)c1cc(C)cc(F)c1. The van der Waals surface area contributed by atoms with Crippen molar-refractivity contribution in [1.82, 2.24) is 10.6 Å². The third-order valence-electron chi connectivity index (χ3n) is 1.96. The van der Waals surface area contributed by atoms with Crippen LogP contribution in [0.1, 0.15) is 15.9 Å². The van der Waals surface area contributed by atoms with Crippen molar-refractivity contribution in [1.29, 1.82) is 0 Å². The predicted molar refractivity (Wildman–Crippen MR) is 57.4 cm³/mol. The minimum absolute atomic E-state index is 0.243. The molecule has 15 heavy (non-hydrogen) atoms. The molecule has 82 valence electrons. The first-order valence-corrected chi connectivity index (χ1v) is 4.83. The minimum Gasteiger partial charge on any atom is -0.351 e. The Bertz CT molecular complexity index is 332. The van der Waals surface area contributed by atoms with Crippen LogP contribution in [0, 0.1) is 12.7 Å². The number of carbonyl (C=O) groups excluding carboxylic acids is 1. The van der Waals surface area contributed by atoms with Crippen molar-refractivity contribution in [2.24, 2.45) is 0 Å². The van der Waals surface area contributed by atoms with Gasteiger partial charge < -0.3 is 10.6 Å². The van der Waals surface area contributed by atoms with Gasteiger partial charge in [0.2, 0.25) is 0 Å². The summed E-state index contributed by atoms with van der Waals surface area (Å²) in [5.74, 6) is -0.624. The zero-order valence-corrected chi connectivity index (χ0v) is 8.93. The van der Waals surface area contributed by atoms with Crippen LogP contribution in [0.3, 0.4) is 0 Å². The Balaban J connectivity index is 2.65. The van der Waals surface area contributed by atoms with Gasteiger partial charge in [0, 0.05) is 18.7 Å². The molecule has 0 bridgehead atoms. The molecule has 1 amide bonds. The lowest BCUT2D eigenvalue weighted by atomic mass is 10.1. The summed E-state index contributed by atoms with van der Waals surface area (Å²) >= 11 is 0. The molecule has 1 aromatic carbocycles. The fraction of sp³-hybridized carbons (Fsp3) is 0.364. The summed E-state index contributed by atoms with van der Waals surface area (Å²) in [5, 5.41) is 5.59. The van der Waals surface area contributed by atoms with Gasteiger partial charge in [-0.25, -0.2) is 4.39 Å². The van der Waals surface area contributed by atoms with Crippen molar-refractivity contribution in [3.05, 3.63) is 35.1 Å². The summed E-state index contributed by atoms with van der Waals surface area (Å²) in [5.41, 5.74) is 1.11. The highest BCUT2D eigenvalue weighted by Crippen LogP contribution is 2.07. The summed E-state index contributed by atoms with van der Waals surface area (Å²) in [6, 6.07) is 4.30. The van der Waals surface area contributed by atoms with Crippen molar-refractivity contribution < 1.29 is 9.18 Å². The van der Waals surface area contributed by atoms with Crippen molar-refractivity contribution in [2.75, 3.05) is 20.1 Å². The smallest absolute Gasteiger partial charge is 0.251 e. The maximum Gasteiger partial charge on any atom is 0.251 e. The summed E-state index contributed by atoms with van der Waals surface area (Å²) in [7, 11) is 1.80. The average molecular weight is 210 g/mol. The number of benzene rings is 1. The lowest BCUT2D eigenvalue weighted by Crippen LogP contribution is -2.30. The van der Waals surface area contributed by atoms with Gasteiger partial charge in [0.1, 0.15) is 5.82 Å². The first kappa shape index (κ1) is 11.7. The van der Waals surface area contributed by atoms with E-state index in [0.29, 0.717) is 18.7 Å². The summed E-state index contributed by atoms with van der Waals surface area (Å²) < 4.78 is 13.0. The van der Waals surface area contributed by atoms with Gasteiger partial charge in [0.15, 0.2) is 0 Å². The zero-order chi connectivity index (χ0) is 11.3. The molecule has 0 saturated heterocycles. The monoisotopic (exact) mass is 210 g/mol. The topological polar surface area (TPSA) is 41.1 Å². The molecular weight excluding hydrogens is 195 g/mol. The predicted octanol–water partition coefficient (Wildman–Crippen LogP) is 1.08. The van der Waals surface area contributed by atoms with Crippen molar-refractivity contribution in [3.8, 4) is 0 Å². The molecule has 0 atom stereocenters. The van der Waals surface area contributed by atoms with E-state index in [2.05, 4.69) is 10.6 Å². The van der Waals surface area contributed by atoms with Crippen LogP contribution in [-0.4, -0.2) is 26.0 Å². The van der Waals surface area contributed by atoms with Gasteiger partial charge in [0.05, 0.1) is 0 Å². The number of nitrogens with one attached hydrogen (secondary N) is 2. The number of halogens is 1. The molecular formula is C11H15FN2O. The lowest BCUT2D eigenvalue weighted by Gasteiger charge is -2.05. The van der Waals surface area contributed by atoms with Crippen LogP contribution in [0.15, 0.2) is 18.2 Å². The molecule has 0 aliphatic carbocycles.